The number of anilines is 1. The molecule has 0 spiro atoms. The largest absolute Gasteiger partial charge is 0.379 e. The lowest BCUT2D eigenvalue weighted by molar-refractivity contribution is 0.0391. The van der Waals surface area contributed by atoms with Gasteiger partial charge < -0.3 is 4.74 Å². The first-order valence-electron chi connectivity index (χ1n) is 11.2. The van der Waals surface area contributed by atoms with Gasteiger partial charge >= 0.3 is 0 Å². The van der Waals surface area contributed by atoms with E-state index in [1.807, 2.05) is 18.4 Å². The highest BCUT2D eigenvalue weighted by atomic mass is 35.5. The molecule has 3 aromatic rings. The molecule has 1 aliphatic heterocycles. The van der Waals surface area contributed by atoms with Crippen LogP contribution in [0.1, 0.15) is 24.2 Å². The molecular formula is C24H30ClN3O4S3. The normalized spacial score (nSPS) is 14.7. The zero-order chi connectivity index (χ0) is 24.3. The first-order chi connectivity index (χ1) is 16.3. The minimum Gasteiger partial charge on any atom is -0.379 e. The Kier molecular flexibility index (Phi) is 9.59. The SMILES string of the molecule is CSc1ccc2nc(N(CCN3CCOCC3)C(=O)c3cccc(S(=O)(=O)C(C)C)c3)sc2c1.Cl. The van der Waals surface area contributed by atoms with Gasteiger partial charge in [-0.05, 0) is 56.5 Å². The van der Waals surface area contributed by atoms with Crippen molar-refractivity contribution in [2.75, 3.05) is 50.5 Å². The summed E-state index contributed by atoms with van der Waals surface area (Å²) >= 11 is 3.14. The molecule has 7 nitrogen and oxygen atoms in total. The number of amides is 1. The molecule has 2 heterocycles. The van der Waals surface area contributed by atoms with Gasteiger partial charge in [0, 0.05) is 36.6 Å². The van der Waals surface area contributed by atoms with Gasteiger partial charge in [-0.3, -0.25) is 14.6 Å². The van der Waals surface area contributed by atoms with Gasteiger partial charge in [-0.25, -0.2) is 13.4 Å². The highest BCUT2D eigenvalue weighted by molar-refractivity contribution is 7.98. The zero-order valence-corrected chi connectivity index (χ0v) is 23.2. The van der Waals surface area contributed by atoms with Crippen LogP contribution in [0, 0.1) is 0 Å². The number of sulfone groups is 1. The van der Waals surface area contributed by atoms with E-state index in [-0.39, 0.29) is 23.2 Å². The number of carbonyl (C=O) groups excluding carboxylic acids is 1. The van der Waals surface area contributed by atoms with Crippen LogP contribution in [0.5, 0.6) is 0 Å². The first kappa shape index (κ1) is 27.9. The van der Waals surface area contributed by atoms with Crippen molar-refractivity contribution in [3.8, 4) is 0 Å². The van der Waals surface area contributed by atoms with Crippen LogP contribution in [0.4, 0.5) is 5.13 Å². The molecule has 0 radical (unpaired) electrons. The number of halogens is 1. The number of hydrogen-bond donors (Lipinski definition) is 0. The Morgan fingerprint density at radius 3 is 2.63 bits per heavy atom. The number of fused-ring (bicyclic) bond motifs is 1. The number of morpholine rings is 1. The maximum atomic E-state index is 13.7. The summed E-state index contributed by atoms with van der Waals surface area (Å²) in [7, 11) is -3.49. The van der Waals surface area contributed by atoms with Crippen molar-refractivity contribution in [3.05, 3.63) is 48.0 Å². The third kappa shape index (κ3) is 6.36. The molecule has 0 saturated carbocycles. The summed E-state index contributed by atoms with van der Waals surface area (Å²) in [6.45, 7) is 7.43. The maximum Gasteiger partial charge on any atom is 0.260 e. The molecule has 190 valence electrons. The lowest BCUT2D eigenvalue weighted by Crippen LogP contribution is -2.43. The van der Waals surface area contributed by atoms with Crippen LogP contribution in [-0.4, -0.2) is 75.1 Å². The number of thioether (sulfide) groups is 1. The molecule has 2 aromatic carbocycles. The van der Waals surface area contributed by atoms with Crippen molar-refractivity contribution in [2.45, 2.75) is 28.9 Å². The molecular weight excluding hydrogens is 526 g/mol. The summed E-state index contributed by atoms with van der Waals surface area (Å²) in [5.41, 5.74) is 1.19. The number of ether oxygens (including phenoxy) is 1. The van der Waals surface area contributed by atoms with E-state index in [4.69, 9.17) is 9.72 Å². The van der Waals surface area contributed by atoms with Crippen molar-refractivity contribution in [2.24, 2.45) is 0 Å². The number of carbonyl (C=O) groups is 1. The minimum absolute atomic E-state index is 0. The highest BCUT2D eigenvalue weighted by Gasteiger charge is 2.25. The molecule has 1 saturated heterocycles. The van der Waals surface area contributed by atoms with E-state index in [1.165, 1.54) is 17.4 Å². The van der Waals surface area contributed by atoms with Gasteiger partial charge in [-0.2, -0.15) is 0 Å². The van der Waals surface area contributed by atoms with Gasteiger partial charge in [-0.15, -0.1) is 24.2 Å². The number of thiazole rings is 1. The van der Waals surface area contributed by atoms with E-state index in [2.05, 4.69) is 11.0 Å². The van der Waals surface area contributed by atoms with Crippen LogP contribution >= 0.6 is 35.5 Å². The van der Waals surface area contributed by atoms with Crippen LogP contribution in [0.2, 0.25) is 0 Å². The summed E-state index contributed by atoms with van der Waals surface area (Å²) in [6, 6.07) is 12.4. The Morgan fingerprint density at radius 1 is 1.20 bits per heavy atom. The Bertz CT molecular complexity index is 1270. The standard InChI is InChI=1S/C24H29N3O4S3.ClH/c1-17(2)34(29,30)20-6-4-5-18(15-20)23(28)27(10-9-26-11-13-31-14-12-26)24-25-21-8-7-19(32-3)16-22(21)33-24;/h4-8,15-17H,9-14H2,1-3H3;1H. The predicted octanol–water partition coefficient (Wildman–Crippen LogP) is 4.60. The second kappa shape index (κ2) is 12.0. The van der Waals surface area contributed by atoms with Crippen LogP contribution < -0.4 is 4.90 Å². The molecule has 35 heavy (non-hydrogen) atoms. The number of aromatic nitrogens is 1. The van der Waals surface area contributed by atoms with Gasteiger partial charge in [0.25, 0.3) is 5.91 Å². The molecule has 4 rings (SSSR count). The number of benzene rings is 2. The third-order valence-corrected chi connectivity index (χ3v) is 9.75. The van der Waals surface area contributed by atoms with Crippen LogP contribution in [-0.2, 0) is 14.6 Å². The number of nitrogens with zero attached hydrogens (tertiary/aromatic N) is 3. The molecule has 1 fully saturated rings. The molecule has 11 heteroatoms. The van der Waals surface area contributed by atoms with Crippen molar-refractivity contribution in [1.29, 1.82) is 0 Å². The quantitative estimate of drug-likeness (QED) is 0.376. The van der Waals surface area contributed by atoms with E-state index in [0.717, 1.165) is 28.2 Å². The monoisotopic (exact) mass is 555 g/mol. The van der Waals surface area contributed by atoms with Crippen molar-refractivity contribution in [1.82, 2.24) is 9.88 Å². The average Bonchev–Trinajstić information content (AvgIpc) is 3.27. The second-order valence-electron chi connectivity index (χ2n) is 8.36. The summed E-state index contributed by atoms with van der Waals surface area (Å²) < 4.78 is 31.9. The van der Waals surface area contributed by atoms with E-state index in [9.17, 15) is 13.2 Å². The summed E-state index contributed by atoms with van der Waals surface area (Å²) in [5.74, 6) is -0.252. The predicted molar refractivity (Wildman–Crippen MR) is 146 cm³/mol. The smallest absolute Gasteiger partial charge is 0.260 e. The van der Waals surface area contributed by atoms with Gasteiger partial charge in [0.05, 0.1) is 33.6 Å². The minimum atomic E-state index is -3.49. The van der Waals surface area contributed by atoms with Crippen molar-refractivity contribution < 1.29 is 17.9 Å². The molecule has 1 aliphatic rings. The Hall–Kier alpha value is -1.69. The van der Waals surface area contributed by atoms with Gasteiger partial charge in [0.15, 0.2) is 15.0 Å². The van der Waals surface area contributed by atoms with Crippen LogP contribution in [0.15, 0.2) is 52.3 Å². The van der Waals surface area contributed by atoms with E-state index in [0.29, 0.717) is 37.0 Å². The highest BCUT2D eigenvalue weighted by Crippen LogP contribution is 2.32. The zero-order valence-electron chi connectivity index (χ0n) is 20.0. The Labute approximate surface area is 221 Å². The molecule has 0 bridgehead atoms. The first-order valence-corrected chi connectivity index (χ1v) is 14.8. The fraction of sp³-hybridized carbons (Fsp3) is 0.417. The van der Waals surface area contributed by atoms with Crippen LogP contribution in [0.25, 0.3) is 10.2 Å². The summed E-state index contributed by atoms with van der Waals surface area (Å²) in [6.07, 6.45) is 2.03. The fourth-order valence-electron chi connectivity index (χ4n) is 3.72. The molecule has 0 unspecified atom stereocenters. The molecule has 0 aliphatic carbocycles. The maximum absolute atomic E-state index is 13.7. The summed E-state index contributed by atoms with van der Waals surface area (Å²) in [5, 5.41) is 0.0498. The number of hydrogen-bond acceptors (Lipinski definition) is 8. The lowest BCUT2D eigenvalue weighted by Gasteiger charge is -2.29. The third-order valence-electron chi connectivity index (χ3n) is 5.83. The van der Waals surface area contributed by atoms with Gasteiger partial charge in [0.2, 0.25) is 0 Å². The van der Waals surface area contributed by atoms with Gasteiger partial charge in [0.1, 0.15) is 0 Å². The van der Waals surface area contributed by atoms with Crippen molar-refractivity contribution >= 4 is 66.6 Å². The van der Waals surface area contributed by atoms with E-state index in [1.54, 1.807) is 48.7 Å². The van der Waals surface area contributed by atoms with E-state index < -0.39 is 15.1 Å². The number of rotatable bonds is 8. The second-order valence-corrected chi connectivity index (χ2v) is 12.8. The average molecular weight is 556 g/mol. The van der Waals surface area contributed by atoms with Gasteiger partial charge in [-0.1, -0.05) is 17.4 Å². The Balaban J connectivity index is 0.00000342. The molecule has 1 aromatic heterocycles. The fourth-order valence-corrected chi connectivity index (χ4v) is 6.37. The molecule has 1 amide bonds. The van der Waals surface area contributed by atoms with Crippen molar-refractivity contribution in [3.63, 3.8) is 0 Å². The summed E-state index contributed by atoms with van der Waals surface area (Å²) in [4.78, 5) is 23.7. The van der Waals surface area contributed by atoms with E-state index >= 15 is 0 Å². The topological polar surface area (TPSA) is 79.8 Å². The molecule has 0 atom stereocenters. The lowest BCUT2D eigenvalue weighted by atomic mass is 10.2. The van der Waals surface area contributed by atoms with Crippen LogP contribution in [0.3, 0.4) is 0 Å². The Morgan fingerprint density at radius 2 is 1.94 bits per heavy atom. The molecule has 0 N–H and O–H groups in total.